The van der Waals surface area contributed by atoms with E-state index in [1.54, 1.807) is 0 Å². The molecule has 0 aliphatic carbocycles. The number of aromatic nitrogens is 2. The average Bonchev–Trinajstić information content (AvgIpc) is 3.80. The Kier molecular flexibility index (Phi) is 7.82. The lowest BCUT2D eigenvalue weighted by molar-refractivity contribution is 1.18. The van der Waals surface area contributed by atoms with Gasteiger partial charge in [-0.05, 0) is 113 Å². The molecular formula is C54H37N3. The Morgan fingerprint density at radius 2 is 0.614 bits per heavy atom. The van der Waals surface area contributed by atoms with Gasteiger partial charge in [0.05, 0.1) is 22.1 Å². The Morgan fingerprint density at radius 1 is 0.246 bits per heavy atom. The summed E-state index contributed by atoms with van der Waals surface area (Å²) in [5.74, 6) is 0. The van der Waals surface area contributed by atoms with Gasteiger partial charge in [0, 0.05) is 50.0 Å². The quantitative estimate of drug-likeness (QED) is 0.159. The minimum absolute atomic E-state index is 1.10. The summed E-state index contributed by atoms with van der Waals surface area (Å²) in [6, 6.07) is 81.1. The number of nitrogens with zero attached hydrogens (tertiary/aromatic N) is 3. The second-order valence-electron chi connectivity index (χ2n) is 14.6. The largest absolute Gasteiger partial charge is 0.310 e. The van der Waals surface area contributed by atoms with E-state index >= 15 is 0 Å². The molecule has 0 radical (unpaired) electrons. The third-order valence-corrected chi connectivity index (χ3v) is 11.3. The third-order valence-electron chi connectivity index (χ3n) is 11.3. The lowest BCUT2D eigenvalue weighted by Crippen LogP contribution is -2.10. The predicted octanol–water partition coefficient (Wildman–Crippen LogP) is 14.7. The molecule has 9 aromatic carbocycles. The molecule has 0 atom stereocenters. The molecule has 3 heteroatoms. The summed E-state index contributed by atoms with van der Waals surface area (Å²) < 4.78 is 4.74. The van der Waals surface area contributed by atoms with Gasteiger partial charge in [-0.3, -0.25) is 0 Å². The molecule has 11 rings (SSSR count). The predicted molar refractivity (Wildman–Crippen MR) is 241 cm³/mol. The van der Waals surface area contributed by atoms with E-state index in [4.69, 9.17) is 0 Å². The summed E-state index contributed by atoms with van der Waals surface area (Å²) in [5.41, 5.74) is 15.2. The summed E-state index contributed by atoms with van der Waals surface area (Å²) in [6.07, 6.45) is 0. The Labute approximate surface area is 331 Å². The van der Waals surface area contributed by atoms with Crippen LogP contribution in [0.4, 0.5) is 17.1 Å². The molecule has 0 N–H and O–H groups in total. The van der Waals surface area contributed by atoms with Gasteiger partial charge in [0.2, 0.25) is 0 Å². The zero-order valence-electron chi connectivity index (χ0n) is 31.2. The van der Waals surface area contributed by atoms with Gasteiger partial charge in [-0.1, -0.05) is 133 Å². The van der Waals surface area contributed by atoms with Crippen LogP contribution in [0.25, 0.3) is 77.2 Å². The Morgan fingerprint density at radius 3 is 1.16 bits per heavy atom. The number of hydrogen-bond acceptors (Lipinski definition) is 1. The lowest BCUT2D eigenvalue weighted by atomic mass is 10.0. The zero-order valence-corrected chi connectivity index (χ0v) is 31.2. The maximum Gasteiger partial charge on any atom is 0.0542 e. The maximum atomic E-state index is 2.38. The van der Waals surface area contributed by atoms with Crippen LogP contribution < -0.4 is 4.90 Å². The molecule has 11 aromatic rings. The summed E-state index contributed by atoms with van der Waals surface area (Å²) >= 11 is 0. The SMILES string of the molecule is c1ccc(-c2ccc(N(c3ccc(-c4ccc5c(c4)c4ccccc4n5-c4ccccc4)cc3)c3ccc4c(c3)c3ccccc3n4-c3ccccc3)cc2)cc1. The molecule has 0 aliphatic rings. The van der Waals surface area contributed by atoms with Crippen molar-refractivity contribution in [2.75, 3.05) is 4.90 Å². The second kappa shape index (κ2) is 13.6. The fourth-order valence-corrected chi connectivity index (χ4v) is 8.65. The van der Waals surface area contributed by atoms with Gasteiger partial charge >= 0.3 is 0 Å². The van der Waals surface area contributed by atoms with Crippen molar-refractivity contribution >= 4 is 60.7 Å². The zero-order chi connectivity index (χ0) is 37.7. The van der Waals surface area contributed by atoms with Crippen LogP contribution in [-0.4, -0.2) is 9.13 Å². The highest BCUT2D eigenvalue weighted by atomic mass is 15.1. The van der Waals surface area contributed by atoms with Crippen molar-refractivity contribution in [3.05, 3.63) is 224 Å². The van der Waals surface area contributed by atoms with Crippen LogP contribution in [0, 0.1) is 0 Å². The van der Waals surface area contributed by atoms with E-state index in [-0.39, 0.29) is 0 Å². The second-order valence-corrected chi connectivity index (χ2v) is 14.6. The standard InChI is InChI=1S/C54H37N3/c1-4-14-38(15-5-1)39-24-29-44(30-25-39)55(46-33-35-54-50(37-46)48-21-11-13-23-52(48)57(54)43-18-8-3-9-19-43)45-31-26-40(27-32-45)41-28-34-53-49(36-41)47-20-10-12-22-51(47)56(53)42-16-6-2-7-17-42/h1-37H. The fraction of sp³-hybridized carbons (Fsp3) is 0. The van der Waals surface area contributed by atoms with Gasteiger partial charge in [-0.2, -0.15) is 0 Å². The monoisotopic (exact) mass is 727 g/mol. The molecule has 0 amide bonds. The number of fused-ring (bicyclic) bond motifs is 6. The minimum atomic E-state index is 1.10. The molecule has 0 saturated heterocycles. The molecule has 57 heavy (non-hydrogen) atoms. The van der Waals surface area contributed by atoms with Crippen LogP contribution in [0.2, 0.25) is 0 Å². The van der Waals surface area contributed by atoms with Crippen LogP contribution in [0.15, 0.2) is 224 Å². The lowest BCUT2D eigenvalue weighted by Gasteiger charge is -2.26. The van der Waals surface area contributed by atoms with E-state index < -0.39 is 0 Å². The van der Waals surface area contributed by atoms with Gasteiger partial charge in [0.25, 0.3) is 0 Å². The molecule has 0 bridgehead atoms. The molecular weight excluding hydrogens is 691 g/mol. The minimum Gasteiger partial charge on any atom is -0.310 e. The summed E-state index contributed by atoms with van der Waals surface area (Å²) in [5, 5.41) is 4.96. The number of benzene rings is 9. The van der Waals surface area contributed by atoms with Crippen molar-refractivity contribution in [2.24, 2.45) is 0 Å². The van der Waals surface area contributed by atoms with Crippen LogP contribution >= 0.6 is 0 Å². The van der Waals surface area contributed by atoms with E-state index in [0.29, 0.717) is 0 Å². The van der Waals surface area contributed by atoms with Gasteiger partial charge in [0.15, 0.2) is 0 Å². The number of para-hydroxylation sites is 4. The third kappa shape index (κ3) is 5.60. The maximum absolute atomic E-state index is 2.38. The summed E-state index contributed by atoms with van der Waals surface area (Å²) in [4.78, 5) is 2.38. The molecule has 2 aromatic heterocycles. The van der Waals surface area contributed by atoms with Crippen molar-refractivity contribution in [1.82, 2.24) is 9.13 Å². The smallest absolute Gasteiger partial charge is 0.0542 e. The van der Waals surface area contributed by atoms with Gasteiger partial charge < -0.3 is 14.0 Å². The van der Waals surface area contributed by atoms with Gasteiger partial charge in [-0.15, -0.1) is 0 Å². The average molecular weight is 728 g/mol. The van der Waals surface area contributed by atoms with Gasteiger partial charge in [-0.25, -0.2) is 0 Å². The van der Waals surface area contributed by atoms with E-state index in [9.17, 15) is 0 Å². The van der Waals surface area contributed by atoms with Crippen molar-refractivity contribution in [1.29, 1.82) is 0 Å². The van der Waals surface area contributed by atoms with Gasteiger partial charge in [0.1, 0.15) is 0 Å². The van der Waals surface area contributed by atoms with Crippen molar-refractivity contribution in [3.63, 3.8) is 0 Å². The molecule has 0 unspecified atom stereocenters. The number of hydrogen-bond donors (Lipinski definition) is 0. The van der Waals surface area contributed by atoms with Crippen LogP contribution in [0.1, 0.15) is 0 Å². The molecule has 268 valence electrons. The van der Waals surface area contributed by atoms with Crippen LogP contribution in [0.3, 0.4) is 0 Å². The fourth-order valence-electron chi connectivity index (χ4n) is 8.65. The molecule has 0 saturated carbocycles. The Bertz CT molecular complexity index is 3200. The first-order valence-corrected chi connectivity index (χ1v) is 19.5. The van der Waals surface area contributed by atoms with E-state index in [1.165, 1.54) is 71.6 Å². The Balaban J connectivity index is 1.03. The molecule has 0 aliphatic heterocycles. The number of anilines is 3. The first-order valence-electron chi connectivity index (χ1n) is 19.5. The topological polar surface area (TPSA) is 13.1 Å². The highest BCUT2D eigenvalue weighted by Crippen LogP contribution is 2.41. The van der Waals surface area contributed by atoms with E-state index in [2.05, 4.69) is 238 Å². The van der Waals surface area contributed by atoms with E-state index in [1.807, 2.05) is 0 Å². The Hall–Kier alpha value is -7.62. The highest BCUT2D eigenvalue weighted by Gasteiger charge is 2.18. The summed E-state index contributed by atoms with van der Waals surface area (Å²) in [7, 11) is 0. The molecule has 0 fully saturated rings. The molecule has 2 heterocycles. The van der Waals surface area contributed by atoms with Crippen LogP contribution in [0.5, 0.6) is 0 Å². The summed E-state index contributed by atoms with van der Waals surface area (Å²) in [6.45, 7) is 0. The molecule has 3 nitrogen and oxygen atoms in total. The first kappa shape index (κ1) is 32.8. The van der Waals surface area contributed by atoms with Crippen molar-refractivity contribution in [3.8, 4) is 33.6 Å². The van der Waals surface area contributed by atoms with E-state index in [0.717, 1.165) is 22.7 Å². The number of rotatable bonds is 7. The normalized spacial score (nSPS) is 11.5. The highest BCUT2D eigenvalue weighted by molar-refractivity contribution is 6.12. The first-order chi connectivity index (χ1) is 28.3. The van der Waals surface area contributed by atoms with Crippen LogP contribution in [-0.2, 0) is 0 Å². The molecule has 0 spiro atoms. The van der Waals surface area contributed by atoms with Crippen molar-refractivity contribution < 1.29 is 0 Å². The van der Waals surface area contributed by atoms with Crippen molar-refractivity contribution in [2.45, 2.75) is 0 Å².